The van der Waals surface area contributed by atoms with Gasteiger partial charge in [0.25, 0.3) is 0 Å². The lowest BCUT2D eigenvalue weighted by molar-refractivity contribution is -0.120. The number of nitrogens with zero attached hydrogens (tertiary/aromatic N) is 4. The summed E-state index contributed by atoms with van der Waals surface area (Å²) in [6.45, 7) is 0.507. The summed E-state index contributed by atoms with van der Waals surface area (Å²) in [5.41, 5.74) is 0.603. The summed E-state index contributed by atoms with van der Waals surface area (Å²) in [7, 11) is -3.74. The van der Waals surface area contributed by atoms with Crippen molar-refractivity contribution in [2.45, 2.75) is 17.7 Å². The molecule has 9 nitrogen and oxygen atoms in total. The van der Waals surface area contributed by atoms with Gasteiger partial charge >= 0.3 is 0 Å². The highest BCUT2D eigenvalue weighted by Gasteiger charge is 2.34. The van der Waals surface area contributed by atoms with Gasteiger partial charge in [-0.2, -0.15) is 4.31 Å². The van der Waals surface area contributed by atoms with Gasteiger partial charge in [-0.15, -0.1) is 0 Å². The molecule has 1 amide bonds. The van der Waals surface area contributed by atoms with Crippen molar-refractivity contribution in [1.82, 2.24) is 19.6 Å². The van der Waals surface area contributed by atoms with Gasteiger partial charge in [0.1, 0.15) is 10.4 Å². The number of piperidine rings is 1. The summed E-state index contributed by atoms with van der Waals surface area (Å²) < 4.78 is 32.8. The van der Waals surface area contributed by atoms with Crippen LogP contribution in [-0.2, 0) is 14.8 Å². The van der Waals surface area contributed by atoms with Crippen LogP contribution in [0.15, 0.2) is 37.7 Å². The molecule has 4 rings (SSSR count). The molecule has 1 aliphatic heterocycles. The Balaban J connectivity index is 1.45. The normalized spacial score (nSPS) is 16.6. The first-order valence-electron chi connectivity index (χ1n) is 8.09. The number of carbonyl (C=O) groups is 1. The molecular formula is C15H14BrN5O4S2. The SMILES string of the molecule is O=C(Nc1ncc(Br)s1)C1CCN(S(=O)(=O)c2cccc3nonc23)CC1. The minimum Gasteiger partial charge on any atom is -0.302 e. The maximum absolute atomic E-state index is 13.0. The Morgan fingerprint density at radius 3 is 2.78 bits per heavy atom. The third kappa shape index (κ3) is 3.61. The van der Waals surface area contributed by atoms with Crippen molar-refractivity contribution >= 4 is 59.4 Å². The second-order valence-corrected chi connectivity index (χ2v) is 10.3. The largest absolute Gasteiger partial charge is 0.302 e. The number of hydrogen-bond donors (Lipinski definition) is 1. The summed E-state index contributed by atoms with van der Waals surface area (Å²) in [6.07, 6.45) is 2.49. The second-order valence-electron chi connectivity index (χ2n) is 6.03. The van der Waals surface area contributed by atoms with E-state index in [2.05, 4.69) is 41.2 Å². The third-order valence-corrected chi connectivity index (χ3v) is 7.72. The Kier molecular flexibility index (Phi) is 4.97. The molecule has 12 heteroatoms. The zero-order valence-electron chi connectivity index (χ0n) is 13.8. The molecule has 0 atom stereocenters. The molecule has 0 spiro atoms. The Bertz CT molecular complexity index is 1090. The fourth-order valence-electron chi connectivity index (χ4n) is 3.01. The highest BCUT2D eigenvalue weighted by Crippen LogP contribution is 2.29. The van der Waals surface area contributed by atoms with E-state index in [1.165, 1.54) is 21.7 Å². The van der Waals surface area contributed by atoms with Crippen molar-refractivity contribution in [2.75, 3.05) is 18.4 Å². The van der Waals surface area contributed by atoms with E-state index in [0.717, 1.165) is 3.79 Å². The molecule has 1 N–H and O–H groups in total. The number of hydrogen-bond acceptors (Lipinski definition) is 8. The van der Waals surface area contributed by atoms with Crippen molar-refractivity contribution in [3.63, 3.8) is 0 Å². The predicted molar refractivity (Wildman–Crippen MR) is 102 cm³/mol. The van der Waals surface area contributed by atoms with Gasteiger partial charge in [0.15, 0.2) is 10.6 Å². The molecule has 2 aromatic heterocycles. The molecular weight excluding hydrogens is 458 g/mol. The van der Waals surface area contributed by atoms with Crippen molar-refractivity contribution < 1.29 is 17.8 Å². The maximum atomic E-state index is 13.0. The lowest BCUT2D eigenvalue weighted by atomic mass is 9.97. The van der Waals surface area contributed by atoms with Crippen molar-refractivity contribution in [3.05, 3.63) is 28.2 Å². The molecule has 0 aliphatic carbocycles. The summed E-state index contributed by atoms with van der Waals surface area (Å²) in [6, 6.07) is 4.73. The minimum absolute atomic E-state index is 0.0665. The average molecular weight is 472 g/mol. The summed E-state index contributed by atoms with van der Waals surface area (Å²) in [5, 5.41) is 10.7. The number of anilines is 1. The van der Waals surface area contributed by atoms with Crippen LogP contribution in [0.5, 0.6) is 0 Å². The first-order valence-corrected chi connectivity index (χ1v) is 11.1. The number of benzene rings is 1. The Morgan fingerprint density at radius 2 is 2.07 bits per heavy atom. The van der Waals surface area contributed by atoms with Crippen LogP contribution in [-0.4, -0.2) is 47.0 Å². The highest BCUT2D eigenvalue weighted by atomic mass is 79.9. The van der Waals surface area contributed by atoms with Gasteiger partial charge in [0, 0.05) is 19.0 Å². The van der Waals surface area contributed by atoms with Gasteiger partial charge in [-0.05, 0) is 51.2 Å². The molecule has 142 valence electrons. The van der Waals surface area contributed by atoms with Crippen molar-refractivity contribution in [1.29, 1.82) is 0 Å². The van der Waals surface area contributed by atoms with E-state index in [0.29, 0.717) is 23.5 Å². The van der Waals surface area contributed by atoms with Gasteiger partial charge in [-0.3, -0.25) is 4.79 Å². The molecule has 1 aliphatic rings. The van der Waals surface area contributed by atoms with Crippen molar-refractivity contribution in [3.8, 4) is 0 Å². The van der Waals surface area contributed by atoms with Gasteiger partial charge < -0.3 is 5.32 Å². The Labute approximate surface area is 166 Å². The van der Waals surface area contributed by atoms with E-state index in [1.807, 2.05) is 0 Å². The molecule has 1 saturated heterocycles. The number of amides is 1. The second kappa shape index (κ2) is 7.26. The van der Waals surface area contributed by atoms with E-state index >= 15 is 0 Å². The zero-order valence-corrected chi connectivity index (χ0v) is 17.1. The molecule has 1 fully saturated rings. The zero-order chi connectivity index (χ0) is 19.0. The van der Waals surface area contributed by atoms with E-state index in [9.17, 15) is 13.2 Å². The molecule has 3 heterocycles. The molecule has 0 bridgehead atoms. The number of aromatic nitrogens is 3. The smallest absolute Gasteiger partial charge is 0.245 e. The van der Waals surface area contributed by atoms with Crippen LogP contribution in [0.3, 0.4) is 0 Å². The van der Waals surface area contributed by atoms with E-state index in [1.54, 1.807) is 18.3 Å². The standard InChI is InChI=1S/C15H14BrN5O4S2/c16-12-8-17-15(26-12)18-14(22)9-4-6-21(7-5-9)27(23,24)11-3-1-2-10-13(11)20-25-19-10/h1-3,8-9H,4-7H2,(H,17,18,22). The Morgan fingerprint density at radius 1 is 1.30 bits per heavy atom. The number of thiazole rings is 1. The third-order valence-electron chi connectivity index (χ3n) is 4.40. The summed E-state index contributed by atoms with van der Waals surface area (Å²) in [5.74, 6) is -0.402. The monoisotopic (exact) mass is 471 g/mol. The molecule has 27 heavy (non-hydrogen) atoms. The molecule has 3 aromatic rings. The average Bonchev–Trinajstić information content (AvgIpc) is 3.30. The number of rotatable bonds is 4. The number of fused-ring (bicyclic) bond motifs is 1. The number of carbonyl (C=O) groups excluding carboxylic acids is 1. The molecule has 1 aromatic carbocycles. The van der Waals surface area contributed by atoms with Gasteiger partial charge in [0.05, 0.1) is 9.98 Å². The quantitative estimate of drug-likeness (QED) is 0.620. The summed E-state index contributed by atoms with van der Waals surface area (Å²) >= 11 is 4.63. The molecule has 0 unspecified atom stereocenters. The molecule has 0 radical (unpaired) electrons. The van der Waals surface area contributed by atoms with E-state index in [-0.39, 0.29) is 35.3 Å². The first kappa shape index (κ1) is 18.5. The highest BCUT2D eigenvalue weighted by molar-refractivity contribution is 9.11. The lowest BCUT2D eigenvalue weighted by Gasteiger charge is -2.30. The summed E-state index contributed by atoms with van der Waals surface area (Å²) in [4.78, 5) is 16.5. The van der Waals surface area contributed by atoms with Crippen LogP contribution in [0, 0.1) is 5.92 Å². The van der Waals surface area contributed by atoms with Crippen LogP contribution >= 0.6 is 27.3 Å². The van der Waals surface area contributed by atoms with E-state index < -0.39 is 10.0 Å². The van der Waals surface area contributed by atoms with Crippen LogP contribution in [0.2, 0.25) is 0 Å². The minimum atomic E-state index is -3.74. The Hall–Kier alpha value is -1.89. The van der Waals surface area contributed by atoms with Gasteiger partial charge in [0.2, 0.25) is 15.9 Å². The number of halogens is 1. The number of sulfonamides is 1. The predicted octanol–water partition coefficient (Wildman–Crippen LogP) is 2.48. The van der Waals surface area contributed by atoms with Crippen LogP contribution in [0.4, 0.5) is 5.13 Å². The number of nitrogens with one attached hydrogen (secondary N) is 1. The topological polar surface area (TPSA) is 118 Å². The maximum Gasteiger partial charge on any atom is 0.245 e. The van der Waals surface area contributed by atoms with Gasteiger partial charge in [-0.1, -0.05) is 17.4 Å². The van der Waals surface area contributed by atoms with Crippen LogP contribution in [0.1, 0.15) is 12.8 Å². The van der Waals surface area contributed by atoms with Crippen molar-refractivity contribution in [2.24, 2.45) is 5.92 Å². The van der Waals surface area contributed by atoms with Crippen LogP contribution in [0.25, 0.3) is 11.0 Å². The fourth-order valence-corrected chi connectivity index (χ4v) is 5.72. The van der Waals surface area contributed by atoms with E-state index in [4.69, 9.17) is 0 Å². The van der Waals surface area contributed by atoms with Crippen LogP contribution < -0.4 is 5.32 Å². The molecule has 0 saturated carbocycles. The fraction of sp³-hybridized carbons (Fsp3) is 0.333. The first-order chi connectivity index (χ1) is 12.9. The van der Waals surface area contributed by atoms with Gasteiger partial charge in [-0.25, -0.2) is 18.0 Å². The lowest BCUT2D eigenvalue weighted by Crippen LogP contribution is -2.41.